The maximum atomic E-state index is 8.95. The Bertz CT molecular complexity index is 263. The average molecular weight is 335 g/mol. The Kier molecular flexibility index (Phi) is 25.1. The molecule has 0 rings (SSSR count). The van der Waals surface area contributed by atoms with Crippen LogP contribution in [0.4, 0.5) is 0 Å². The van der Waals surface area contributed by atoms with Gasteiger partial charge in [-0.25, -0.2) is 0 Å². The van der Waals surface area contributed by atoms with E-state index >= 15 is 0 Å². The van der Waals surface area contributed by atoms with Gasteiger partial charge in [-0.3, -0.25) is 9.11 Å². The minimum absolute atomic E-state index is 1.25. The second-order valence-electron chi connectivity index (χ2n) is 2.53. The number of unbranched alkanes of at least 4 members (excludes halogenated alkanes) is 1. The van der Waals surface area contributed by atoms with Crippen molar-refractivity contribution in [2.24, 2.45) is 0 Å². The van der Waals surface area contributed by atoms with Gasteiger partial charge in [-0.15, -0.1) is 0 Å². The molecule has 0 aliphatic rings. The van der Waals surface area contributed by atoms with Crippen LogP contribution in [-0.4, -0.2) is 25.9 Å². The summed E-state index contributed by atoms with van der Waals surface area (Å²) in [7, 11) is -0.273. The highest BCUT2D eigenvalue weighted by atomic mass is 35.7. The van der Waals surface area contributed by atoms with E-state index in [1.54, 1.807) is 0 Å². The Morgan fingerprint density at radius 3 is 0.824 bits per heavy atom. The van der Waals surface area contributed by atoms with E-state index in [0.717, 1.165) is 0 Å². The van der Waals surface area contributed by atoms with Crippen molar-refractivity contribution in [2.45, 2.75) is 47.0 Å². The van der Waals surface area contributed by atoms with Crippen molar-refractivity contribution in [1.29, 1.82) is 0 Å². The number of hydrogen-bond donors (Lipinski definition) is 2. The molecule has 0 radical (unpaired) electrons. The van der Waals surface area contributed by atoms with Crippen LogP contribution < -0.4 is 0 Å². The maximum absolute atomic E-state index is 8.95. The predicted molar refractivity (Wildman–Crippen MR) is 71.4 cm³/mol. The van der Waals surface area contributed by atoms with Crippen LogP contribution in [0.3, 0.4) is 0 Å². The monoisotopic (exact) mass is 334 g/mol. The quantitative estimate of drug-likeness (QED) is 0.562. The molecule has 0 fully saturated rings. The van der Waals surface area contributed by atoms with E-state index in [-0.39, 0.29) is 0 Å². The summed E-state index contributed by atoms with van der Waals surface area (Å²) in [5.74, 6) is 0. The van der Waals surface area contributed by atoms with Gasteiger partial charge in [0.05, 0.1) is 0 Å². The summed E-state index contributed by atoms with van der Waals surface area (Å²) < 4.78 is 50.3. The molecule has 0 amide bonds. The number of halogens is 2. The van der Waals surface area contributed by atoms with Crippen LogP contribution in [-0.2, 0) is 18.7 Å². The molecule has 0 atom stereocenters. The lowest BCUT2D eigenvalue weighted by atomic mass is 10.4. The molecule has 0 heterocycles. The summed E-state index contributed by atoms with van der Waals surface area (Å²) in [4.78, 5) is 0. The van der Waals surface area contributed by atoms with Gasteiger partial charge in [-0.2, -0.15) is 16.8 Å². The molecule has 0 aromatic rings. The fourth-order valence-corrected chi connectivity index (χ4v) is 0. The normalized spacial score (nSPS) is 9.65. The van der Waals surface area contributed by atoms with Gasteiger partial charge in [0.2, 0.25) is 0 Å². The molecule has 0 aliphatic carbocycles. The first kappa shape index (κ1) is 26.1. The summed E-state index contributed by atoms with van der Waals surface area (Å²) >= 11 is 0. The van der Waals surface area contributed by atoms with Crippen molar-refractivity contribution in [1.82, 2.24) is 0 Å². The third kappa shape index (κ3) is 1740. The lowest BCUT2D eigenvalue weighted by Gasteiger charge is -1.68. The zero-order valence-electron chi connectivity index (χ0n) is 10.2. The molecule has 10 heteroatoms. The van der Waals surface area contributed by atoms with Gasteiger partial charge in [-0.1, -0.05) is 47.0 Å². The van der Waals surface area contributed by atoms with Gasteiger partial charge in [0, 0.05) is 21.4 Å². The van der Waals surface area contributed by atoms with Crippen LogP contribution in [0.25, 0.3) is 0 Å². The van der Waals surface area contributed by atoms with Crippen LogP contribution in [0, 0.1) is 0 Å². The average Bonchev–Trinajstić information content (AvgIpc) is 1.99. The molecule has 0 unspecified atom stereocenters. The molecule has 17 heavy (non-hydrogen) atoms. The van der Waals surface area contributed by atoms with E-state index in [2.05, 4.69) is 49.1 Å². The molecule has 0 saturated heterocycles. The minimum Gasteiger partial charge on any atom is -0.273 e. The standard InChI is InChI=1S/C4H10.C3H8.2ClHO3S/c1-3-4-2;1-3-2;2*1-5(2,3)4/h3-4H2,1-2H3;3H2,1-2H3;2*(H,2,3,4). The lowest BCUT2D eigenvalue weighted by molar-refractivity contribution is 0.499. The van der Waals surface area contributed by atoms with Crippen LogP contribution in [0.2, 0.25) is 0 Å². The SMILES string of the molecule is CCC.CCCC.O=S(=O)(O)Cl.O=S(=O)(O)Cl. The van der Waals surface area contributed by atoms with Gasteiger partial charge in [0.25, 0.3) is 0 Å². The predicted octanol–water partition coefficient (Wildman–Crippen LogP) is 3.28. The van der Waals surface area contributed by atoms with E-state index < -0.39 is 18.7 Å². The summed E-state index contributed by atoms with van der Waals surface area (Å²) in [5.41, 5.74) is 0. The van der Waals surface area contributed by atoms with Gasteiger partial charge in [-0.05, 0) is 0 Å². The van der Waals surface area contributed by atoms with Crippen molar-refractivity contribution in [2.75, 3.05) is 0 Å². The first-order chi connectivity index (χ1) is 7.33. The molecule has 110 valence electrons. The molecule has 2 N–H and O–H groups in total. The topological polar surface area (TPSA) is 109 Å². The largest absolute Gasteiger partial charge is 0.353 e. The number of rotatable bonds is 1. The van der Waals surface area contributed by atoms with Crippen molar-refractivity contribution < 1.29 is 25.9 Å². The van der Waals surface area contributed by atoms with Crippen molar-refractivity contribution in [3.63, 3.8) is 0 Å². The van der Waals surface area contributed by atoms with Gasteiger partial charge >= 0.3 is 18.7 Å². The fourth-order valence-electron chi connectivity index (χ4n) is 0. The Hall–Kier alpha value is 0.400. The smallest absolute Gasteiger partial charge is 0.273 e. The summed E-state index contributed by atoms with van der Waals surface area (Å²) in [5, 5.41) is 0. The van der Waals surface area contributed by atoms with Crippen molar-refractivity contribution >= 4 is 40.0 Å². The minimum atomic E-state index is -4.19. The third-order valence-corrected chi connectivity index (χ3v) is 0.500. The Labute approximate surface area is 113 Å². The van der Waals surface area contributed by atoms with Gasteiger partial charge in [0.15, 0.2) is 0 Å². The van der Waals surface area contributed by atoms with E-state index in [1.807, 2.05) is 0 Å². The van der Waals surface area contributed by atoms with Crippen molar-refractivity contribution in [3.8, 4) is 0 Å². The maximum Gasteiger partial charge on any atom is 0.353 e. The molecule has 0 aromatic carbocycles. The Morgan fingerprint density at radius 2 is 0.824 bits per heavy atom. The highest BCUT2D eigenvalue weighted by molar-refractivity contribution is 8.09. The first-order valence-electron chi connectivity index (χ1n) is 4.67. The van der Waals surface area contributed by atoms with E-state index in [1.165, 1.54) is 19.3 Å². The van der Waals surface area contributed by atoms with E-state index in [0.29, 0.717) is 0 Å². The number of hydrogen-bond acceptors (Lipinski definition) is 4. The summed E-state index contributed by atoms with van der Waals surface area (Å²) in [6.07, 6.45) is 3.89. The summed E-state index contributed by atoms with van der Waals surface area (Å²) in [6, 6.07) is 0. The third-order valence-electron chi connectivity index (χ3n) is 0.500. The highest BCUT2D eigenvalue weighted by Gasteiger charge is 1.87. The van der Waals surface area contributed by atoms with E-state index in [4.69, 9.17) is 25.9 Å². The van der Waals surface area contributed by atoms with Crippen LogP contribution in [0.15, 0.2) is 0 Å². The molecule has 6 nitrogen and oxygen atoms in total. The van der Waals surface area contributed by atoms with Crippen LogP contribution in [0.1, 0.15) is 47.0 Å². The van der Waals surface area contributed by atoms with Gasteiger partial charge < -0.3 is 0 Å². The zero-order chi connectivity index (χ0) is 15.1. The molecule has 0 spiro atoms. The molecular formula is C7H20Cl2O6S2. The lowest BCUT2D eigenvalue weighted by Crippen LogP contribution is -1.77. The first-order valence-corrected chi connectivity index (χ1v) is 9.20. The molecule has 0 aromatic heterocycles. The molecule has 0 saturated carbocycles. The van der Waals surface area contributed by atoms with Crippen molar-refractivity contribution in [3.05, 3.63) is 0 Å². The van der Waals surface area contributed by atoms with Gasteiger partial charge in [0.1, 0.15) is 0 Å². The molecular weight excluding hydrogens is 315 g/mol. The molecule has 0 bridgehead atoms. The fraction of sp³-hybridized carbons (Fsp3) is 1.00. The second-order valence-corrected chi connectivity index (χ2v) is 6.52. The second kappa shape index (κ2) is 16.4. The summed E-state index contributed by atoms with van der Waals surface area (Å²) in [6.45, 7) is 8.61. The van der Waals surface area contributed by atoms with Crippen LogP contribution in [0.5, 0.6) is 0 Å². The van der Waals surface area contributed by atoms with Crippen LogP contribution >= 0.6 is 21.4 Å². The Balaban J connectivity index is -0.0000000676. The Morgan fingerprint density at radius 1 is 0.765 bits per heavy atom. The molecule has 0 aliphatic heterocycles. The zero-order valence-corrected chi connectivity index (χ0v) is 13.4. The highest BCUT2D eigenvalue weighted by Crippen LogP contribution is 1.83. The van der Waals surface area contributed by atoms with E-state index in [9.17, 15) is 0 Å².